The van der Waals surface area contributed by atoms with Crippen molar-refractivity contribution in [2.75, 3.05) is 63.9 Å². The van der Waals surface area contributed by atoms with Gasteiger partial charge in [-0.3, -0.25) is 4.79 Å². The summed E-state index contributed by atoms with van der Waals surface area (Å²) in [6.45, 7) is 9.16. The van der Waals surface area contributed by atoms with Gasteiger partial charge in [0.15, 0.2) is 5.79 Å². The highest BCUT2D eigenvalue weighted by Crippen LogP contribution is 2.33. The fourth-order valence-corrected chi connectivity index (χ4v) is 6.99. The number of amides is 1. The second-order valence-corrected chi connectivity index (χ2v) is 11.7. The van der Waals surface area contributed by atoms with Crippen LogP contribution in [0.15, 0.2) is 24.3 Å². The highest BCUT2D eigenvalue weighted by atomic mass is 32.2. The van der Waals surface area contributed by atoms with Crippen LogP contribution >= 0.6 is 0 Å². The third-order valence-electron chi connectivity index (χ3n) is 7.36. The van der Waals surface area contributed by atoms with Crippen LogP contribution in [-0.4, -0.2) is 87.7 Å². The summed E-state index contributed by atoms with van der Waals surface area (Å²) in [6, 6.07) is 8.44. The van der Waals surface area contributed by atoms with Gasteiger partial charge in [0, 0.05) is 64.3 Å². The maximum Gasteiger partial charge on any atom is 0.282 e. The van der Waals surface area contributed by atoms with Gasteiger partial charge in [0.2, 0.25) is 5.91 Å². The predicted octanol–water partition coefficient (Wildman–Crippen LogP) is 2.12. The van der Waals surface area contributed by atoms with Crippen LogP contribution in [0, 0.1) is 12.8 Å². The molecule has 0 aromatic heterocycles. The summed E-state index contributed by atoms with van der Waals surface area (Å²) in [4.78, 5) is 15.2. The molecule has 0 radical (unpaired) electrons. The number of nitrogens with zero attached hydrogens (tertiary/aromatic N) is 3. The van der Waals surface area contributed by atoms with Crippen molar-refractivity contribution in [1.82, 2.24) is 13.9 Å². The summed E-state index contributed by atoms with van der Waals surface area (Å²) in [5.74, 6) is -0.965. The first kappa shape index (κ1) is 26.3. The third kappa shape index (κ3) is 6.35. The molecule has 1 N–H and O–H groups in total. The van der Waals surface area contributed by atoms with Gasteiger partial charge in [-0.05, 0) is 50.8 Å². The number of hydrogen-bond acceptors (Lipinski definition) is 6. The van der Waals surface area contributed by atoms with Gasteiger partial charge < -0.3 is 19.7 Å². The van der Waals surface area contributed by atoms with Crippen molar-refractivity contribution in [3.8, 4) is 0 Å². The molecule has 1 amide bonds. The SMILES string of the molecule is CCN(CCCNC(=O)[C@H]1CCCN(S(=O)(=O)N2CCC3(CC2)OCCO3)C1)c1cccc(C)c1. The van der Waals surface area contributed by atoms with E-state index in [4.69, 9.17) is 9.47 Å². The molecule has 3 saturated heterocycles. The summed E-state index contributed by atoms with van der Waals surface area (Å²) in [6.07, 6.45) is 3.33. The molecule has 1 atom stereocenters. The average Bonchev–Trinajstić information content (AvgIpc) is 3.32. The Balaban J connectivity index is 1.23. The number of carbonyl (C=O) groups excluding carboxylic acids is 1. The molecule has 1 spiro atoms. The Bertz CT molecular complexity index is 956. The normalized spacial score (nSPS) is 23.4. The minimum Gasteiger partial charge on any atom is -0.372 e. The lowest BCUT2D eigenvalue weighted by atomic mass is 9.99. The lowest BCUT2D eigenvalue weighted by Gasteiger charge is -2.40. The molecular formula is C25H40N4O5S. The average molecular weight is 509 g/mol. The Morgan fingerprint density at radius 2 is 1.91 bits per heavy atom. The Hall–Kier alpha value is -1.72. The lowest BCUT2D eigenvalue weighted by molar-refractivity contribution is -0.179. The van der Waals surface area contributed by atoms with Gasteiger partial charge in [-0.1, -0.05) is 12.1 Å². The van der Waals surface area contributed by atoms with Crippen LogP contribution in [0.25, 0.3) is 0 Å². The van der Waals surface area contributed by atoms with Gasteiger partial charge in [-0.25, -0.2) is 0 Å². The number of rotatable bonds is 9. The highest BCUT2D eigenvalue weighted by molar-refractivity contribution is 7.86. The number of carbonyl (C=O) groups is 1. The fraction of sp³-hybridized carbons (Fsp3) is 0.720. The summed E-state index contributed by atoms with van der Waals surface area (Å²) < 4.78 is 41.0. The van der Waals surface area contributed by atoms with Crippen LogP contribution in [-0.2, 0) is 24.5 Å². The van der Waals surface area contributed by atoms with E-state index in [1.807, 2.05) is 0 Å². The molecule has 196 valence electrons. The molecule has 0 bridgehead atoms. The lowest BCUT2D eigenvalue weighted by Crippen LogP contribution is -2.54. The molecule has 3 fully saturated rings. The number of anilines is 1. The highest BCUT2D eigenvalue weighted by Gasteiger charge is 2.44. The maximum atomic E-state index is 13.3. The van der Waals surface area contributed by atoms with Crippen LogP contribution in [0.3, 0.4) is 0 Å². The number of ether oxygens (including phenoxy) is 2. The van der Waals surface area contributed by atoms with Gasteiger partial charge in [0.1, 0.15) is 0 Å². The maximum absolute atomic E-state index is 13.3. The van der Waals surface area contributed by atoms with Crippen LogP contribution < -0.4 is 10.2 Å². The number of hydrogen-bond donors (Lipinski definition) is 1. The standard InChI is InChI=1S/C25H40N4O5S/c1-3-27(23-9-4-7-21(2)19-23)13-6-12-26-24(30)22-8-5-14-29(20-22)35(31,32)28-15-10-25(11-16-28)33-17-18-34-25/h4,7,9,19,22H,3,5-6,8,10-18,20H2,1-2H3,(H,26,30)/t22-/m0/s1. The molecule has 3 aliphatic rings. The van der Waals surface area contributed by atoms with Gasteiger partial charge in [0.05, 0.1) is 19.1 Å². The van der Waals surface area contributed by atoms with Crippen molar-refractivity contribution >= 4 is 21.8 Å². The quantitative estimate of drug-likeness (QED) is 0.514. The van der Waals surface area contributed by atoms with E-state index in [0.717, 1.165) is 19.5 Å². The van der Waals surface area contributed by atoms with Crippen LogP contribution in [0.2, 0.25) is 0 Å². The molecular weight excluding hydrogens is 468 g/mol. The zero-order valence-electron chi connectivity index (χ0n) is 21.1. The zero-order valence-corrected chi connectivity index (χ0v) is 21.9. The van der Waals surface area contributed by atoms with Gasteiger partial charge in [0.25, 0.3) is 10.2 Å². The Labute approximate surface area is 209 Å². The van der Waals surface area contributed by atoms with E-state index in [2.05, 4.69) is 48.3 Å². The van der Waals surface area contributed by atoms with Gasteiger partial charge in [-0.2, -0.15) is 17.0 Å². The summed E-state index contributed by atoms with van der Waals surface area (Å²) in [7, 11) is -3.60. The summed E-state index contributed by atoms with van der Waals surface area (Å²) in [5, 5.41) is 3.05. The van der Waals surface area contributed by atoms with E-state index in [1.54, 1.807) is 0 Å². The monoisotopic (exact) mass is 508 g/mol. The zero-order chi connectivity index (χ0) is 24.9. The summed E-state index contributed by atoms with van der Waals surface area (Å²) >= 11 is 0. The molecule has 3 aliphatic heterocycles. The molecule has 0 unspecified atom stereocenters. The molecule has 1 aromatic rings. The van der Waals surface area contributed by atoms with Crippen LogP contribution in [0.1, 0.15) is 44.6 Å². The third-order valence-corrected chi connectivity index (χ3v) is 9.36. The fourth-order valence-electron chi connectivity index (χ4n) is 5.29. The van der Waals surface area contributed by atoms with Crippen molar-refractivity contribution in [2.24, 2.45) is 5.92 Å². The van der Waals surface area contributed by atoms with Gasteiger partial charge >= 0.3 is 0 Å². The minimum absolute atomic E-state index is 0.0474. The van der Waals surface area contributed by atoms with Crippen molar-refractivity contribution in [3.05, 3.63) is 29.8 Å². The topological polar surface area (TPSA) is 91.4 Å². The molecule has 4 rings (SSSR count). The van der Waals surface area contributed by atoms with E-state index in [1.165, 1.54) is 19.9 Å². The van der Waals surface area contributed by atoms with Gasteiger partial charge in [-0.15, -0.1) is 0 Å². The molecule has 0 saturated carbocycles. The van der Waals surface area contributed by atoms with Crippen LogP contribution in [0.4, 0.5) is 5.69 Å². The number of benzene rings is 1. The number of piperidine rings is 2. The first-order chi connectivity index (χ1) is 16.8. The molecule has 9 nitrogen and oxygen atoms in total. The molecule has 0 aliphatic carbocycles. The van der Waals surface area contributed by atoms with E-state index >= 15 is 0 Å². The number of aryl methyl sites for hydroxylation is 1. The van der Waals surface area contributed by atoms with E-state index in [0.29, 0.717) is 65.1 Å². The van der Waals surface area contributed by atoms with E-state index in [9.17, 15) is 13.2 Å². The van der Waals surface area contributed by atoms with Crippen molar-refractivity contribution in [2.45, 2.75) is 51.7 Å². The Morgan fingerprint density at radius 1 is 1.17 bits per heavy atom. The smallest absolute Gasteiger partial charge is 0.282 e. The van der Waals surface area contributed by atoms with Crippen molar-refractivity contribution in [1.29, 1.82) is 0 Å². The second-order valence-electron chi connectivity index (χ2n) is 9.77. The second kappa shape index (κ2) is 11.6. The van der Waals surface area contributed by atoms with Crippen molar-refractivity contribution < 1.29 is 22.7 Å². The first-order valence-corrected chi connectivity index (χ1v) is 14.4. The Kier molecular flexibility index (Phi) is 8.70. The predicted molar refractivity (Wildman–Crippen MR) is 135 cm³/mol. The largest absolute Gasteiger partial charge is 0.372 e. The molecule has 3 heterocycles. The number of nitrogens with one attached hydrogen (secondary N) is 1. The van der Waals surface area contributed by atoms with Crippen molar-refractivity contribution in [3.63, 3.8) is 0 Å². The first-order valence-electron chi connectivity index (χ1n) is 13.0. The van der Waals surface area contributed by atoms with E-state index < -0.39 is 16.0 Å². The Morgan fingerprint density at radius 3 is 2.60 bits per heavy atom. The summed E-state index contributed by atoms with van der Waals surface area (Å²) in [5.41, 5.74) is 2.43. The van der Waals surface area contributed by atoms with Crippen LogP contribution in [0.5, 0.6) is 0 Å². The van der Waals surface area contributed by atoms with E-state index in [-0.39, 0.29) is 18.4 Å². The molecule has 1 aromatic carbocycles. The molecule has 35 heavy (non-hydrogen) atoms. The minimum atomic E-state index is -3.60. The molecule has 10 heteroatoms.